The van der Waals surface area contributed by atoms with Crippen molar-refractivity contribution in [3.63, 3.8) is 0 Å². The Labute approximate surface area is 439 Å². The number of nitrogens with zero attached hydrogens (tertiary/aromatic N) is 2. The predicted molar refractivity (Wildman–Crippen MR) is 289 cm³/mol. The Kier molecular flexibility index (Phi) is 21.4. The van der Waals surface area contributed by atoms with Crippen LogP contribution < -0.4 is 42.5 Å². The van der Waals surface area contributed by atoms with Crippen molar-refractivity contribution in [2.24, 2.45) is 0 Å². The van der Waals surface area contributed by atoms with Crippen LogP contribution in [0.5, 0.6) is 0 Å². The summed E-state index contributed by atoms with van der Waals surface area (Å²) in [5.74, 6) is -0.626. The lowest BCUT2D eigenvalue weighted by atomic mass is 9.87. The molecule has 0 saturated carbocycles. The van der Waals surface area contributed by atoms with Gasteiger partial charge >= 0.3 is 0 Å². The lowest BCUT2D eigenvalue weighted by Gasteiger charge is -2.32. The minimum Gasteiger partial charge on any atom is -0.352 e. The number of unbranched alkanes of at least 4 members (excludes halogenated alkanes) is 2. The van der Waals surface area contributed by atoms with E-state index in [9.17, 15) is 28.8 Å². The number of carbonyl (C=O) groups excluding carboxylic acids is 6. The minimum absolute atomic E-state index is 0.0193. The first kappa shape index (κ1) is 56.1. The summed E-state index contributed by atoms with van der Waals surface area (Å²) < 4.78 is 0. The van der Waals surface area contributed by atoms with Gasteiger partial charge in [-0.2, -0.15) is 0 Å². The second kappa shape index (κ2) is 28.3. The smallest absolute Gasteiger partial charge is 0.251 e. The van der Waals surface area contributed by atoms with Gasteiger partial charge in [-0.15, -0.1) is 0 Å². The number of rotatable bonds is 26. The van der Waals surface area contributed by atoms with Crippen LogP contribution in [0.3, 0.4) is 0 Å². The number of benzene rings is 3. The van der Waals surface area contributed by atoms with Crippen molar-refractivity contribution in [1.29, 1.82) is 0 Å². The minimum atomic E-state index is -0.495. The molecule has 74 heavy (non-hydrogen) atoms. The number of likely N-dealkylation sites (N-methyl/N-ethyl adjacent to an activating group) is 2. The molecule has 8 atom stereocenters. The van der Waals surface area contributed by atoms with Gasteiger partial charge in [-0.05, 0) is 184 Å². The van der Waals surface area contributed by atoms with Gasteiger partial charge in [-0.25, -0.2) is 0 Å². The highest BCUT2D eigenvalue weighted by Crippen LogP contribution is 2.32. The van der Waals surface area contributed by atoms with Gasteiger partial charge in [0, 0.05) is 55.9 Å². The Bertz CT molecular complexity index is 2350. The Morgan fingerprint density at radius 2 is 1.15 bits per heavy atom. The van der Waals surface area contributed by atoms with Crippen molar-refractivity contribution in [1.82, 2.24) is 52.3 Å². The first-order chi connectivity index (χ1) is 35.9. The van der Waals surface area contributed by atoms with E-state index in [1.54, 1.807) is 36.2 Å². The molecule has 3 aromatic rings. The van der Waals surface area contributed by atoms with Crippen LogP contribution in [0.15, 0.2) is 72.8 Å². The average molecular weight is 1020 g/mol. The molecular formula is C58H84N10O6. The molecule has 2 aliphatic carbocycles. The monoisotopic (exact) mass is 1020 g/mol. The maximum Gasteiger partial charge on any atom is 0.251 e. The Morgan fingerprint density at radius 3 is 1.73 bits per heavy atom. The van der Waals surface area contributed by atoms with Gasteiger partial charge in [0.15, 0.2) is 0 Å². The van der Waals surface area contributed by atoms with E-state index in [1.165, 1.54) is 22.3 Å². The molecule has 2 heterocycles. The zero-order chi connectivity index (χ0) is 52.4. The molecular weight excluding hydrogens is 933 g/mol. The van der Waals surface area contributed by atoms with Crippen LogP contribution in [0, 0.1) is 0 Å². The average Bonchev–Trinajstić information content (AvgIpc) is 4.12. The van der Waals surface area contributed by atoms with E-state index in [1.807, 2.05) is 32.2 Å². The zero-order valence-electron chi connectivity index (χ0n) is 44.4. The van der Waals surface area contributed by atoms with Gasteiger partial charge in [-0.1, -0.05) is 48.5 Å². The molecule has 16 heteroatoms. The van der Waals surface area contributed by atoms with E-state index in [2.05, 4.69) is 84.7 Å². The Morgan fingerprint density at radius 1 is 0.608 bits per heavy atom. The number of amides is 6. The molecule has 0 spiro atoms. The van der Waals surface area contributed by atoms with Crippen LogP contribution in [0.25, 0.3) is 0 Å². The van der Waals surface area contributed by atoms with Crippen molar-refractivity contribution in [3.05, 3.63) is 106 Å². The first-order valence-corrected chi connectivity index (χ1v) is 27.8. The van der Waals surface area contributed by atoms with Crippen LogP contribution in [0.1, 0.15) is 159 Å². The largest absolute Gasteiger partial charge is 0.352 e. The summed E-state index contributed by atoms with van der Waals surface area (Å²) in [6.07, 6.45) is 13.2. The number of carbonyl (C=O) groups is 6. The number of likely N-dealkylation sites (tertiary alicyclic amines) is 2. The highest BCUT2D eigenvalue weighted by molar-refractivity contribution is 5.98. The Balaban J connectivity index is 0.823. The van der Waals surface area contributed by atoms with E-state index in [0.717, 1.165) is 70.8 Å². The first-order valence-electron chi connectivity index (χ1n) is 27.8. The SMILES string of the molecule is CN[C@@H](C)C(=O)N[C@@H](CCCCNC(=O)c1ccc(C(=O)NCCCC[C@H](NC[C@H](C)NC)C(=O)N2CCCC2C(=O)N[C@@H]2CCCc3ccccc32)cc1)CN1CCC[C@H]1C(=O)N[C@@H]1CCCc2ccccc21. The van der Waals surface area contributed by atoms with Crippen molar-refractivity contribution in [2.75, 3.05) is 53.4 Å². The zero-order valence-corrected chi connectivity index (χ0v) is 44.4. The third-order valence-corrected chi connectivity index (χ3v) is 15.8. The number of hydrogen-bond donors (Lipinski definition) is 8. The van der Waals surface area contributed by atoms with Crippen LogP contribution in [-0.2, 0) is 32.0 Å². The number of hydrogen-bond acceptors (Lipinski definition) is 10. The van der Waals surface area contributed by atoms with Crippen molar-refractivity contribution >= 4 is 35.4 Å². The predicted octanol–water partition coefficient (Wildman–Crippen LogP) is 4.99. The van der Waals surface area contributed by atoms with E-state index >= 15 is 0 Å². The van der Waals surface area contributed by atoms with E-state index in [4.69, 9.17) is 0 Å². The molecule has 6 amide bonds. The van der Waals surface area contributed by atoms with Gasteiger partial charge in [0.25, 0.3) is 11.8 Å². The molecule has 2 aliphatic heterocycles. The maximum absolute atomic E-state index is 14.1. The fourth-order valence-corrected chi connectivity index (χ4v) is 11.2. The molecule has 7 rings (SSSR count). The lowest BCUT2D eigenvalue weighted by molar-refractivity contribution is -0.140. The molecule has 4 aliphatic rings. The van der Waals surface area contributed by atoms with Gasteiger partial charge in [0.1, 0.15) is 6.04 Å². The molecule has 0 radical (unpaired) electrons. The van der Waals surface area contributed by atoms with Crippen LogP contribution in [0.2, 0.25) is 0 Å². The highest BCUT2D eigenvalue weighted by atomic mass is 16.2. The Hall–Kier alpha value is -5.68. The number of aryl methyl sites for hydroxylation is 2. The molecule has 2 fully saturated rings. The summed E-state index contributed by atoms with van der Waals surface area (Å²) in [5.41, 5.74) is 5.89. The second-order valence-corrected chi connectivity index (χ2v) is 21.1. The normalized spacial score (nSPS) is 21.1. The number of fused-ring (bicyclic) bond motifs is 2. The van der Waals surface area contributed by atoms with Gasteiger partial charge in [0.2, 0.25) is 23.6 Å². The van der Waals surface area contributed by atoms with Crippen molar-refractivity contribution in [3.8, 4) is 0 Å². The van der Waals surface area contributed by atoms with Gasteiger partial charge in [-0.3, -0.25) is 33.7 Å². The van der Waals surface area contributed by atoms with Gasteiger partial charge in [0.05, 0.1) is 30.2 Å². The molecule has 16 nitrogen and oxygen atoms in total. The van der Waals surface area contributed by atoms with Crippen molar-refractivity contribution < 1.29 is 28.8 Å². The van der Waals surface area contributed by atoms with Crippen LogP contribution >= 0.6 is 0 Å². The highest BCUT2D eigenvalue weighted by Gasteiger charge is 2.39. The summed E-state index contributed by atoms with van der Waals surface area (Å²) in [6, 6.07) is 21.7. The summed E-state index contributed by atoms with van der Waals surface area (Å²) in [4.78, 5) is 85.0. The summed E-state index contributed by atoms with van der Waals surface area (Å²) in [5, 5.41) is 25.6. The molecule has 8 N–H and O–H groups in total. The quantitative estimate of drug-likeness (QED) is 0.0507. The van der Waals surface area contributed by atoms with E-state index in [-0.39, 0.29) is 71.7 Å². The van der Waals surface area contributed by atoms with Crippen LogP contribution in [-0.4, -0.2) is 135 Å². The lowest BCUT2D eigenvalue weighted by Crippen LogP contribution is -2.54. The third kappa shape index (κ3) is 15.5. The molecule has 3 aromatic carbocycles. The summed E-state index contributed by atoms with van der Waals surface area (Å²) in [6.45, 7) is 7.27. The summed E-state index contributed by atoms with van der Waals surface area (Å²) >= 11 is 0. The van der Waals surface area contributed by atoms with Crippen LogP contribution in [0.4, 0.5) is 0 Å². The standard InChI is InChI=1S/C58H84N10O6/c1-39(59-3)37-63-50(58(74)68-36-16-28-52(68)57(73)66-49-26-14-20-42-18-6-8-23-47(42)49)24-10-12-34-62-55(71)44-31-29-43(30-32-44)54(70)61-33-11-9-21-45(64-53(69)40(2)60-4)38-67-35-15-27-51(67)56(72)65-48-25-13-19-41-17-5-7-22-46(41)48/h5-8,17-18,22-23,29-32,39-40,45,48-52,59-60,63H,9-16,19-21,24-28,33-38H2,1-4H3,(H,61,70)(H,62,71)(H,64,69)(H,65,72)(H,66,73)/t39-,40-,45-,48+,49+,50-,51-,52?/m0/s1. The summed E-state index contributed by atoms with van der Waals surface area (Å²) in [7, 11) is 3.65. The molecule has 0 aromatic heterocycles. The van der Waals surface area contributed by atoms with Crippen molar-refractivity contribution in [2.45, 2.75) is 165 Å². The third-order valence-electron chi connectivity index (χ3n) is 15.8. The second-order valence-electron chi connectivity index (χ2n) is 21.1. The fraction of sp³-hybridized carbons (Fsp3) is 0.586. The fourth-order valence-electron chi connectivity index (χ4n) is 11.2. The molecule has 1 unspecified atom stereocenters. The number of nitrogens with one attached hydrogen (secondary N) is 8. The van der Waals surface area contributed by atoms with E-state index < -0.39 is 12.1 Å². The van der Waals surface area contributed by atoms with E-state index in [0.29, 0.717) is 82.4 Å². The molecule has 402 valence electrons. The topological polar surface area (TPSA) is 205 Å². The molecule has 0 bridgehead atoms. The maximum atomic E-state index is 14.1. The van der Waals surface area contributed by atoms with Gasteiger partial charge < -0.3 is 47.4 Å². The molecule has 2 saturated heterocycles.